The molecule has 0 aliphatic rings. The van der Waals surface area contributed by atoms with Crippen LogP contribution in [0.1, 0.15) is 26.7 Å². The molecule has 0 aliphatic carbocycles. The molecule has 0 aromatic heterocycles. The Kier molecular flexibility index (Phi) is 3.73. The summed E-state index contributed by atoms with van der Waals surface area (Å²) in [6.45, 7) is 4.04. The number of hydrogen-bond donors (Lipinski definition) is 0. The lowest BCUT2D eigenvalue weighted by Gasteiger charge is -2.31. The number of ketones is 1. The van der Waals surface area contributed by atoms with Crippen LogP contribution in [0, 0.1) is 0 Å². The summed E-state index contributed by atoms with van der Waals surface area (Å²) in [7, 11) is 6.36. The van der Waals surface area contributed by atoms with Crippen molar-refractivity contribution in [1.29, 1.82) is 0 Å². The SMILES string of the molecule is CCC(=O)CC(C)[N+](C)(C)C. The Balaban J connectivity index is 3.87. The van der Waals surface area contributed by atoms with Gasteiger partial charge in [0.15, 0.2) is 0 Å². The van der Waals surface area contributed by atoms with Crippen LogP contribution in [-0.2, 0) is 4.79 Å². The maximum atomic E-state index is 11.1. The smallest absolute Gasteiger partial charge is 0.138 e. The zero-order valence-corrected chi connectivity index (χ0v) is 8.35. The zero-order chi connectivity index (χ0) is 9.07. The van der Waals surface area contributed by atoms with Crippen LogP contribution in [0.25, 0.3) is 0 Å². The summed E-state index contributed by atoms with van der Waals surface area (Å²) in [4.78, 5) is 11.1. The number of rotatable bonds is 4. The molecule has 0 saturated heterocycles. The second kappa shape index (κ2) is 3.86. The molecule has 0 spiro atoms. The number of nitrogens with zero attached hydrogens (tertiary/aromatic N) is 1. The van der Waals surface area contributed by atoms with Crippen LogP contribution >= 0.6 is 0 Å². The monoisotopic (exact) mass is 158 g/mol. The third kappa shape index (κ3) is 4.14. The molecule has 1 atom stereocenters. The van der Waals surface area contributed by atoms with Gasteiger partial charge in [0.25, 0.3) is 0 Å². The van der Waals surface area contributed by atoms with E-state index >= 15 is 0 Å². The quantitative estimate of drug-likeness (QED) is 0.566. The van der Waals surface area contributed by atoms with Crippen LogP contribution < -0.4 is 0 Å². The highest BCUT2D eigenvalue weighted by molar-refractivity contribution is 5.78. The van der Waals surface area contributed by atoms with Crippen molar-refractivity contribution in [2.75, 3.05) is 21.1 Å². The van der Waals surface area contributed by atoms with Gasteiger partial charge in [0, 0.05) is 6.42 Å². The molecule has 0 bridgehead atoms. The number of quaternary nitrogens is 1. The van der Waals surface area contributed by atoms with Crippen molar-refractivity contribution in [1.82, 2.24) is 0 Å². The maximum Gasteiger partial charge on any atom is 0.138 e. The van der Waals surface area contributed by atoms with Gasteiger partial charge in [-0.1, -0.05) is 6.92 Å². The fraction of sp³-hybridized carbons (Fsp3) is 0.889. The predicted molar refractivity (Wildman–Crippen MR) is 47.4 cm³/mol. The number of carbonyl (C=O) groups is 1. The lowest BCUT2D eigenvalue weighted by atomic mass is 10.1. The van der Waals surface area contributed by atoms with E-state index in [4.69, 9.17) is 0 Å². The van der Waals surface area contributed by atoms with Crippen LogP contribution in [0.5, 0.6) is 0 Å². The molecule has 2 nitrogen and oxygen atoms in total. The molecular formula is C9H20NO+. The summed E-state index contributed by atoms with van der Waals surface area (Å²) in [5.41, 5.74) is 0. The Bertz CT molecular complexity index is 135. The Labute approximate surface area is 69.8 Å². The van der Waals surface area contributed by atoms with Gasteiger partial charge in [-0.25, -0.2) is 0 Å². The van der Waals surface area contributed by atoms with Crippen LogP contribution in [0.2, 0.25) is 0 Å². The fourth-order valence-corrected chi connectivity index (χ4v) is 0.748. The molecule has 1 unspecified atom stereocenters. The third-order valence-corrected chi connectivity index (χ3v) is 2.24. The molecule has 0 radical (unpaired) electrons. The molecule has 0 aromatic rings. The van der Waals surface area contributed by atoms with E-state index in [0.29, 0.717) is 24.7 Å². The van der Waals surface area contributed by atoms with Gasteiger partial charge in [0.05, 0.1) is 33.6 Å². The van der Waals surface area contributed by atoms with Crippen LogP contribution in [0.3, 0.4) is 0 Å². The Morgan fingerprint density at radius 2 is 1.82 bits per heavy atom. The minimum Gasteiger partial charge on any atom is -0.328 e. The summed E-state index contributed by atoms with van der Waals surface area (Å²) < 4.78 is 0.867. The van der Waals surface area contributed by atoms with E-state index in [-0.39, 0.29) is 0 Å². The minimum absolute atomic E-state index is 0.366. The molecule has 0 aliphatic heterocycles. The Morgan fingerprint density at radius 3 is 2.09 bits per heavy atom. The zero-order valence-electron chi connectivity index (χ0n) is 8.35. The second-order valence-electron chi connectivity index (χ2n) is 4.06. The number of Topliss-reactive ketones (excluding diaryl/α,β-unsaturated/α-hetero) is 1. The molecule has 0 aromatic carbocycles. The first kappa shape index (κ1) is 10.6. The van der Waals surface area contributed by atoms with Gasteiger partial charge in [-0.15, -0.1) is 0 Å². The maximum absolute atomic E-state index is 11.1. The average molecular weight is 158 g/mol. The van der Waals surface area contributed by atoms with E-state index in [0.717, 1.165) is 4.48 Å². The molecule has 0 amide bonds. The van der Waals surface area contributed by atoms with Crippen molar-refractivity contribution < 1.29 is 9.28 Å². The summed E-state index contributed by atoms with van der Waals surface area (Å²) in [5.74, 6) is 0.366. The predicted octanol–water partition coefficient (Wildman–Crippen LogP) is 1.45. The van der Waals surface area contributed by atoms with Crippen molar-refractivity contribution >= 4 is 5.78 Å². The molecule has 0 N–H and O–H groups in total. The van der Waals surface area contributed by atoms with Crippen molar-refractivity contribution in [3.05, 3.63) is 0 Å². The molecule has 0 heterocycles. The summed E-state index contributed by atoms with van der Waals surface area (Å²) >= 11 is 0. The van der Waals surface area contributed by atoms with Crippen LogP contribution in [0.4, 0.5) is 0 Å². The first-order valence-electron chi connectivity index (χ1n) is 4.20. The van der Waals surface area contributed by atoms with Crippen molar-refractivity contribution in [2.24, 2.45) is 0 Å². The lowest BCUT2D eigenvalue weighted by Crippen LogP contribution is -2.44. The number of carbonyl (C=O) groups excluding carboxylic acids is 1. The first-order chi connectivity index (χ1) is 4.88. The first-order valence-corrected chi connectivity index (χ1v) is 4.20. The van der Waals surface area contributed by atoms with E-state index < -0.39 is 0 Å². The molecule has 2 heteroatoms. The number of hydrogen-bond acceptors (Lipinski definition) is 1. The molecule has 11 heavy (non-hydrogen) atoms. The molecule has 0 fully saturated rings. The average Bonchev–Trinajstić information content (AvgIpc) is 1.85. The van der Waals surface area contributed by atoms with E-state index in [2.05, 4.69) is 28.1 Å². The van der Waals surface area contributed by atoms with Gasteiger partial charge in [-0.3, -0.25) is 4.79 Å². The third-order valence-electron chi connectivity index (χ3n) is 2.24. The van der Waals surface area contributed by atoms with Crippen molar-refractivity contribution in [2.45, 2.75) is 32.7 Å². The second-order valence-corrected chi connectivity index (χ2v) is 4.06. The van der Waals surface area contributed by atoms with Gasteiger partial charge in [0.1, 0.15) is 5.78 Å². The Hall–Kier alpha value is -0.370. The van der Waals surface area contributed by atoms with E-state index in [1.54, 1.807) is 0 Å². The standard InChI is InChI=1S/C9H20NO/c1-6-9(11)7-8(2)10(3,4)5/h8H,6-7H2,1-5H3/q+1. The molecule has 0 rings (SSSR count). The minimum atomic E-state index is 0.366. The topological polar surface area (TPSA) is 17.1 Å². The van der Waals surface area contributed by atoms with Crippen molar-refractivity contribution in [3.8, 4) is 0 Å². The molecule has 0 saturated carbocycles. The summed E-state index contributed by atoms with van der Waals surface area (Å²) in [5, 5.41) is 0. The van der Waals surface area contributed by atoms with Crippen LogP contribution in [0.15, 0.2) is 0 Å². The largest absolute Gasteiger partial charge is 0.328 e. The van der Waals surface area contributed by atoms with E-state index in [1.807, 2.05) is 6.92 Å². The summed E-state index contributed by atoms with van der Waals surface area (Å²) in [6, 6.07) is 0.433. The lowest BCUT2D eigenvalue weighted by molar-refractivity contribution is -0.893. The Morgan fingerprint density at radius 1 is 1.36 bits per heavy atom. The highest BCUT2D eigenvalue weighted by Crippen LogP contribution is 2.07. The molecular weight excluding hydrogens is 138 g/mol. The van der Waals surface area contributed by atoms with Gasteiger partial charge < -0.3 is 4.48 Å². The van der Waals surface area contributed by atoms with Gasteiger partial charge in [-0.05, 0) is 6.92 Å². The fourth-order valence-electron chi connectivity index (χ4n) is 0.748. The highest BCUT2D eigenvalue weighted by Gasteiger charge is 2.20. The van der Waals surface area contributed by atoms with E-state index in [1.165, 1.54) is 0 Å². The molecule has 66 valence electrons. The van der Waals surface area contributed by atoms with E-state index in [9.17, 15) is 4.79 Å². The van der Waals surface area contributed by atoms with Gasteiger partial charge in [-0.2, -0.15) is 0 Å². The van der Waals surface area contributed by atoms with Gasteiger partial charge in [0.2, 0.25) is 0 Å². The summed E-state index contributed by atoms with van der Waals surface area (Å²) in [6.07, 6.45) is 1.38. The highest BCUT2D eigenvalue weighted by atomic mass is 16.1. The van der Waals surface area contributed by atoms with Crippen LogP contribution in [-0.4, -0.2) is 37.5 Å². The van der Waals surface area contributed by atoms with Gasteiger partial charge >= 0.3 is 0 Å². The van der Waals surface area contributed by atoms with Crippen molar-refractivity contribution in [3.63, 3.8) is 0 Å². The normalized spacial score (nSPS) is 14.6.